The van der Waals surface area contributed by atoms with Crippen molar-refractivity contribution < 1.29 is 19.1 Å². The van der Waals surface area contributed by atoms with Gasteiger partial charge in [-0.2, -0.15) is 0 Å². The Balaban J connectivity index is 1.88. The predicted octanol–water partition coefficient (Wildman–Crippen LogP) is 2.48. The van der Waals surface area contributed by atoms with E-state index in [0.29, 0.717) is 22.6 Å². The van der Waals surface area contributed by atoms with E-state index in [9.17, 15) is 14.4 Å². The normalized spacial score (nSPS) is 9.84. The Bertz CT molecular complexity index is 772. The van der Waals surface area contributed by atoms with Gasteiger partial charge in [-0.3, -0.25) is 9.59 Å². The molecule has 0 fully saturated rings. The van der Waals surface area contributed by atoms with Crippen molar-refractivity contribution >= 4 is 34.8 Å². The lowest BCUT2D eigenvalue weighted by molar-refractivity contribution is -0.115. The molecule has 3 N–H and O–H groups in total. The molecule has 7 heteroatoms. The van der Waals surface area contributed by atoms with Crippen LogP contribution < -0.4 is 16.0 Å². The molecule has 0 aliphatic rings. The maximum absolute atomic E-state index is 12.0. The minimum atomic E-state index is -0.438. The first-order valence-electron chi connectivity index (χ1n) is 7.57. The lowest BCUT2D eigenvalue weighted by Crippen LogP contribution is -2.21. The average molecular weight is 341 g/mol. The summed E-state index contributed by atoms with van der Waals surface area (Å²) in [5.74, 6) is -0.835. The number of esters is 1. The van der Waals surface area contributed by atoms with Gasteiger partial charge in [0.25, 0.3) is 0 Å². The van der Waals surface area contributed by atoms with Crippen LogP contribution in [0.1, 0.15) is 17.3 Å². The molecular weight excluding hydrogens is 322 g/mol. The second-order valence-electron chi connectivity index (χ2n) is 5.23. The molecule has 0 aromatic heterocycles. The summed E-state index contributed by atoms with van der Waals surface area (Å²) < 4.78 is 4.66. The highest BCUT2D eigenvalue weighted by atomic mass is 16.5. The van der Waals surface area contributed by atoms with Crippen LogP contribution in [0.3, 0.4) is 0 Å². The number of carbonyl (C=O) groups is 3. The van der Waals surface area contributed by atoms with Crippen LogP contribution in [0.15, 0.2) is 48.5 Å². The Kier molecular flexibility index (Phi) is 6.11. The van der Waals surface area contributed by atoms with Gasteiger partial charge in [-0.05, 0) is 42.5 Å². The molecule has 0 aliphatic carbocycles. The topological polar surface area (TPSA) is 96.5 Å². The number of rotatable bonds is 6. The van der Waals surface area contributed by atoms with Crippen LogP contribution in [-0.2, 0) is 14.3 Å². The van der Waals surface area contributed by atoms with Crippen LogP contribution in [-0.4, -0.2) is 31.4 Å². The molecule has 0 atom stereocenters. The van der Waals surface area contributed by atoms with Gasteiger partial charge in [-0.1, -0.05) is 6.07 Å². The van der Waals surface area contributed by atoms with Crippen LogP contribution in [0, 0.1) is 0 Å². The summed E-state index contributed by atoms with van der Waals surface area (Å²) in [4.78, 5) is 34.4. The maximum atomic E-state index is 12.0. The minimum Gasteiger partial charge on any atom is -0.465 e. The Morgan fingerprint density at radius 1 is 0.920 bits per heavy atom. The highest BCUT2D eigenvalue weighted by Gasteiger charge is 2.07. The number of methoxy groups -OCH3 is 1. The van der Waals surface area contributed by atoms with E-state index in [2.05, 4.69) is 20.7 Å². The van der Waals surface area contributed by atoms with Crippen molar-refractivity contribution in [1.29, 1.82) is 0 Å². The summed E-state index contributed by atoms with van der Waals surface area (Å²) in [7, 11) is 1.31. The predicted molar refractivity (Wildman–Crippen MR) is 95.6 cm³/mol. The second kappa shape index (κ2) is 8.49. The van der Waals surface area contributed by atoms with Crippen molar-refractivity contribution in [3.8, 4) is 0 Å². The highest BCUT2D eigenvalue weighted by molar-refractivity contribution is 5.95. The fourth-order valence-electron chi connectivity index (χ4n) is 2.10. The van der Waals surface area contributed by atoms with E-state index in [1.54, 1.807) is 48.5 Å². The molecule has 0 radical (unpaired) electrons. The number of amides is 2. The van der Waals surface area contributed by atoms with Gasteiger partial charge in [0.2, 0.25) is 11.8 Å². The Morgan fingerprint density at radius 3 is 2.16 bits per heavy atom. The van der Waals surface area contributed by atoms with Crippen LogP contribution in [0.2, 0.25) is 0 Å². The van der Waals surface area contributed by atoms with Crippen molar-refractivity contribution in [2.45, 2.75) is 6.92 Å². The average Bonchev–Trinajstić information content (AvgIpc) is 2.61. The summed E-state index contributed by atoms with van der Waals surface area (Å²) in [6, 6.07) is 13.5. The third-order valence-electron chi connectivity index (χ3n) is 3.23. The zero-order valence-corrected chi connectivity index (χ0v) is 14.0. The van der Waals surface area contributed by atoms with E-state index in [1.165, 1.54) is 14.0 Å². The molecule has 2 amide bonds. The molecule has 130 valence electrons. The standard InChI is InChI=1S/C18H19N3O4/c1-12(22)20-14-6-8-15(9-7-14)21-17(23)11-19-16-5-3-4-13(10-16)18(24)25-2/h3-10,19H,11H2,1-2H3,(H,20,22)(H,21,23). The SMILES string of the molecule is COC(=O)c1cccc(NCC(=O)Nc2ccc(NC(C)=O)cc2)c1. The summed E-state index contributed by atoms with van der Waals surface area (Å²) in [5.41, 5.74) is 2.31. The summed E-state index contributed by atoms with van der Waals surface area (Å²) in [6.07, 6.45) is 0. The smallest absolute Gasteiger partial charge is 0.337 e. The van der Waals surface area contributed by atoms with E-state index in [1.807, 2.05) is 0 Å². The fourth-order valence-corrected chi connectivity index (χ4v) is 2.10. The third kappa shape index (κ3) is 5.65. The van der Waals surface area contributed by atoms with Crippen LogP contribution in [0.4, 0.5) is 17.1 Å². The fraction of sp³-hybridized carbons (Fsp3) is 0.167. The van der Waals surface area contributed by atoms with Crippen LogP contribution in [0.25, 0.3) is 0 Å². The van der Waals surface area contributed by atoms with Crippen LogP contribution >= 0.6 is 0 Å². The molecule has 7 nitrogen and oxygen atoms in total. The maximum Gasteiger partial charge on any atom is 0.337 e. The van der Waals surface area contributed by atoms with Crippen molar-refractivity contribution in [2.75, 3.05) is 29.6 Å². The molecule has 0 aliphatic heterocycles. The van der Waals surface area contributed by atoms with Gasteiger partial charge in [-0.15, -0.1) is 0 Å². The van der Waals surface area contributed by atoms with Gasteiger partial charge in [0.15, 0.2) is 0 Å². The summed E-state index contributed by atoms with van der Waals surface area (Å²) in [5, 5.41) is 8.33. The zero-order valence-electron chi connectivity index (χ0n) is 14.0. The molecule has 0 bridgehead atoms. The largest absolute Gasteiger partial charge is 0.465 e. The zero-order chi connectivity index (χ0) is 18.2. The molecular formula is C18H19N3O4. The number of ether oxygens (including phenoxy) is 1. The molecule has 0 heterocycles. The lowest BCUT2D eigenvalue weighted by Gasteiger charge is -2.09. The Morgan fingerprint density at radius 2 is 1.56 bits per heavy atom. The van der Waals surface area contributed by atoms with E-state index in [4.69, 9.17) is 0 Å². The highest BCUT2D eigenvalue weighted by Crippen LogP contribution is 2.14. The quantitative estimate of drug-likeness (QED) is 0.702. The van der Waals surface area contributed by atoms with Gasteiger partial charge in [-0.25, -0.2) is 4.79 Å². The lowest BCUT2D eigenvalue weighted by atomic mass is 10.2. The first-order valence-corrected chi connectivity index (χ1v) is 7.57. The van der Waals surface area contributed by atoms with Crippen molar-refractivity contribution in [1.82, 2.24) is 0 Å². The Labute approximate surface area is 145 Å². The van der Waals surface area contributed by atoms with Gasteiger partial charge in [0, 0.05) is 24.0 Å². The molecule has 2 rings (SSSR count). The molecule has 0 spiro atoms. The third-order valence-corrected chi connectivity index (χ3v) is 3.23. The van der Waals surface area contributed by atoms with Crippen molar-refractivity contribution in [2.24, 2.45) is 0 Å². The number of nitrogens with one attached hydrogen (secondary N) is 3. The van der Waals surface area contributed by atoms with Crippen LogP contribution in [0.5, 0.6) is 0 Å². The number of hydrogen-bond acceptors (Lipinski definition) is 5. The summed E-state index contributed by atoms with van der Waals surface area (Å²) >= 11 is 0. The van der Waals surface area contributed by atoms with Gasteiger partial charge < -0.3 is 20.7 Å². The van der Waals surface area contributed by atoms with E-state index < -0.39 is 5.97 Å². The molecule has 25 heavy (non-hydrogen) atoms. The minimum absolute atomic E-state index is 0.0398. The van der Waals surface area contributed by atoms with E-state index in [-0.39, 0.29) is 18.4 Å². The number of carbonyl (C=O) groups excluding carboxylic acids is 3. The monoisotopic (exact) mass is 341 g/mol. The summed E-state index contributed by atoms with van der Waals surface area (Å²) in [6.45, 7) is 1.47. The number of anilines is 3. The van der Waals surface area contributed by atoms with Gasteiger partial charge in [0.1, 0.15) is 0 Å². The Hall–Kier alpha value is -3.35. The van der Waals surface area contributed by atoms with E-state index >= 15 is 0 Å². The van der Waals surface area contributed by atoms with Gasteiger partial charge >= 0.3 is 5.97 Å². The van der Waals surface area contributed by atoms with Gasteiger partial charge in [0.05, 0.1) is 19.2 Å². The second-order valence-corrected chi connectivity index (χ2v) is 5.23. The molecule has 0 saturated carbocycles. The first-order chi connectivity index (χ1) is 12.0. The first kappa shape index (κ1) is 18.0. The molecule has 0 saturated heterocycles. The molecule has 2 aromatic carbocycles. The molecule has 0 unspecified atom stereocenters. The molecule has 2 aromatic rings. The van der Waals surface area contributed by atoms with Crippen molar-refractivity contribution in [3.05, 3.63) is 54.1 Å². The number of hydrogen-bond donors (Lipinski definition) is 3. The van der Waals surface area contributed by atoms with E-state index in [0.717, 1.165) is 0 Å². The number of benzene rings is 2. The van der Waals surface area contributed by atoms with Crippen molar-refractivity contribution in [3.63, 3.8) is 0 Å².